The number of nitrogens with zero attached hydrogens (tertiary/aromatic N) is 4. The molecule has 7 heteroatoms. The van der Waals surface area contributed by atoms with Crippen molar-refractivity contribution in [1.82, 2.24) is 24.3 Å². The standard InChI is InChI=1S/C16H18ClN5O/c1-2-13-15(22-10-12(17)4-5-14(22)20-13)16(23)19-6-3-8-21-9-7-18-11-21/h4-5,7,9-11H,2-3,6,8H2,1H3,(H,19,23). The van der Waals surface area contributed by atoms with Crippen molar-refractivity contribution in [3.63, 3.8) is 0 Å². The minimum Gasteiger partial charge on any atom is -0.351 e. The highest BCUT2D eigenvalue weighted by molar-refractivity contribution is 6.30. The third-order valence-electron chi connectivity index (χ3n) is 3.64. The van der Waals surface area contributed by atoms with E-state index in [1.165, 1.54) is 0 Å². The number of amides is 1. The maximum Gasteiger partial charge on any atom is 0.270 e. The van der Waals surface area contributed by atoms with E-state index in [0.29, 0.717) is 23.7 Å². The fourth-order valence-electron chi connectivity index (χ4n) is 2.52. The second-order valence-electron chi connectivity index (χ2n) is 5.25. The van der Waals surface area contributed by atoms with Gasteiger partial charge in [0, 0.05) is 31.7 Å². The van der Waals surface area contributed by atoms with Gasteiger partial charge in [-0.2, -0.15) is 0 Å². The highest BCUT2D eigenvalue weighted by Crippen LogP contribution is 2.17. The average molecular weight is 332 g/mol. The quantitative estimate of drug-likeness (QED) is 0.706. The molecule has 3 heterocycles. The predicted molar refractivity (Wildman–Crippen MR) is 88.8 cm³/mol. The molecule has 0 saturated heterocycles. The van der Waals surface area contributed by atoms with Crippen molar-refractivity contribution < 1.29 is 4.79 Å². The van der Waals surface area contributed by atoms with Crippen LogP contribution in [0.4, 0.5) is 0 Å². The van der Waals surface area contributed by atoms with Gasteiger partial charge < -0.3 is 9.88 Å². The Labute approximate surface area is 139 Å². The van der Waals surface area contributed by atoms with E-state index < -0.39 is 0 Å². The van der Waals surface area contributed by atoms with E-state index in [1.54, 1.807) is 29.2 Å². The molecule has 120 valence electrons. The van der Waals surface area contributed by atoms with Crippen LogP contribution >= 0.6 is 11.6 Å². The summed E-state index contributed by atoms with van der Waals surface area (Å²) in [5.41, 5.74) is 2.07. The minimum absolute atomic E-state index is 0.123. The zero-order valence-corrected chi connectivity index (χ0v) is 13.6. The number of carbonyl (C=O) groups is 1. The molecule has 0 spiro atoms. The van der Waals surface area contributed by atoms with Crippen molar-refractivity contribution in [3.8, 4) is 0 Å². The molecule has 0 aliphatic heterocycles. The Morgan fingerprint density at radius 1 is 1.39 bits per heavy atom. The molecule has 0 bridgehead atoms. The smallest absolute Gasteiger partial charge is 0.270 e. The number of aryl methyl sites for hydroxylation is 2. The molecular weight excluding hydrogens is 314 g/mol. The summed E-state index contributed by atoms with van der Waals surface area (Å²) in [5.74, 6) is -0.123. The van der Waals surface area contributed by atoms with Crippen molar-refractivity contribution in [2.24, 2.45) is 0 Å². The molecule has 1 amide bonds. The Bertz CT molecular complexity index is 809. The summed E-state index contributed by atoms with van der Waals surface area (Å²) in [6, 6.07) is 3.59. The Morgan fingerprint density at radius 3 is 3.00 bits per heavy atom. The van der Waals surface area contributed by atoms with E-state index in [0.717, 1.165) is 24.3 Å². The summed E-state index contributed by atoms with van der Waals surface area (Å²) < 4.78 is 3.74. The molecular formula is C16H18ClN5O. The average Bonchev–Trinajstić information content (AvgIpc) is 3.18. The normalized spacial score (nSPS) is 11.0. The lowest BCUT2D eigenvalue weighted by molar-refractivity contribution is 0.0946. The highest BCUT2D eigenvalue weighted by Gasteiger charge is 2.17. The van der Waals surface area contributed by atoms with Crippen LogP contribution in [-0.2, 0) is 13.0 Å². The van der Waals surface area contributed by atoms with E-state index >= 15 is 0 Å². The van der Waals surface area contributed by atoms with Gasteiger partial charge in [-0.1, -0.05) is 18.5 Å². The monoisotopic (exact) mass is 331 g/mol. The maximum atomic E-state index is 12.5. The van der Waals surface area contributed by atoms with Gasteiger partial charge in [-0.15, -0.1) is 0 Å². The first-order chi connectivity index (χ1) is 11.2. The van der Waals surface area contributed by atoms with Crippen LogP contribution in [0, 0.1) is 0 Å². The summed E-state index contributed by atoms with van der Waals surface area (Å²) in [7, 11) is 0. The minimum atomic E-state index is -0.123. The number of aromatic nitrogens is 4. The lowest BCUT2D eigenvalue weighted by atomic mass is 10.2. The number of fused-ring (bicyclic) bond motifs is 1. The molecule has 6 nitrogen and oxygen atoms in total. The van der Waals surface area contributed by atoms with Crippen LogP contribution in [0.5, 0.6) is 0 Å². The molecule has 1 N–H and O–H groups in total. The fraction of sp³-hybridized carbons (Fsp3) is 0.312. The van der Waals surface area contributed by atoms with Crippen molar-refractivity contribution >= 4 is 23.2 Å². The number of imidazole rings is 2. The van der Waals surface area contributed by atoms with Crippen LogP contribution in [0.25, 0.3) is 5.65 Å². The second-order valence-corrected chi connectivity index (χ2v) is 5.68. The first-order valence-corrected chi connectivity index (χ1v) is 7.97. The van der Waals surface area contributed by atoms with Gasteiger partial charge in [0.15, 0.2) is 0 Å². The van der Waals surface area contributed by atoms with Gasteiger partial charge in [0.1, 0.15) is 11.3 Å². The lowest BCUT2D eigenvalue weighted by Gasteiger charge is -2.07. The van der Waals surface area contributed by atoms with Crippen molar-refractivity contribution in [3.05, 3.63) is 53.5 Å². The van der Waals surface area contributed by atoms with Crippen LogP contribution in [0.2, 0.25) is 5.02 Å². The van der Waals surface area contributed by atoms with Gasteiger partial charge in [0.05, 0.1) is 17.0 Å². The highest BCUT2D eigenvalue weighted by atomic mass is 35.5. The third-order valence-corrected chi connectivity index (χ3v) is 3.87. The van der Waals surface area contributed by atoms with Crippen LogP contribution in [0.3, 0.4) is 0 Å². The summed E-state index contributed by atoms with van der Waals surface area (Å²) in [5, 5.41) is 3.53. The lowest BCUT2D eigenvalue weighted by Crippen LogP contribution is -2.27. The largest absolute Gasteiger partial charge is 0.351 e. The SMILES string of the molecule is CCc1nc2ccc(Cl)cn2c1C(=O)NCCCn1ccnc1. The Hall–Kier alpha value is -2.34. The molecule has 0 aliphatic rings. The zero-order chi connectivity index (χ0) is 16.2. The molecule has 0 aromatic carbocycles. The van der Waals surface area contributed by atoms with Crippen LogP contribution in [0.15, 0.2) is 37.1 Å². The van der Waals surface area contributed by atoms with Crippen molar-refractivity contribution in [2.45, 2.75) is 26.3 Å². The molecule has 0 unspecified atom stereocenters. The maximum absolute atomic E-state index is 12.5. The van der Waals surface area contributed by atoms with Crippen LogP contribution < -0.4 is 5.32 Å². The first-order valence-electron chi connectivity index (χ1n) is 7.59. The molecule has 0 fully saturated rings. The number of halogens is 1. The molecule has 0 atom stereocenters. The Balaban J connectivity index is 1.71. The second kappa shape index (κ2) is 6.83. The van der Waals surface area contributed by atoms with Gasteiger partial charge in [-0.3, -0.25) is 9.20 Å². The van der Waals surface area contributed by atoms with Gasteiger partial charge in [-0.25, -0.2) is 9.97 Å². The first kappa shape index (κ1) is 15.6. The van der Waals surface area contributed by atoms with E-state index in [4.69, 9.17) is 11.6 Å². The molecule has 0 radical (unpaired) electrons. The van der Waals surface area contributed by atoms with Crippen LogP contribution in [-0.4, -0.2) is 31.4 Å². The van der Waals surface area contributed by atoms with Gasteiger partial charge in [0.2, 0.25) is 0 Å². The van der Waals surface area contributed by atoms with Gasteiger partial charge >= 0.3 is 0 Å². The number of carbonyl (C=O) groups excluding carboxylic acids is 1. The van der Waals surface area contributed by atoms with Gasteiger partial charge in [0.25, 0.3) is 5.91 Å². The van der Waals surface area contributed by atoms with E-state index in [2.05, 4.69) is 15.3 Å². The summed E-state index contributed by atoms with van der Waals surface area (Å²) in [6.07, 6.45) is 8.67. The number of rotatable bonds is 6. The van der Waals surface area contributed by atoms with Crippen LogP contribution in [0.1, 0.15) is 29.5 Å². The number of hydrogen-bond acceptors (Lipinski definition) is 3. The molecule has 0 saturated carbocycles. The molecule has 0 aliphatic carbocycles. The molecule has 23 heavy (non-hydrogen) atoms. The van der Waals surface area contributed by atoms with E-state index in [-0.39, 0.29) is 5.91 Å². The Kier molecular flexibility index (Phi) is 4.62. The number of nitrogens with one attached hydrogen (secondary N) is 1. The number of pyridine rings is 1. The molecule has 3 rings (SSSR count). The summed E-state index contributed by atoms with van der Waals surface area (Å²) in [4.78, 5) is 21.0. The van der Waals surface area contributed by atoms with E-state index in [1.807, 2.05) is 23.8 Å². The summed E-state index contributed by atoms with van der Waals surface area (Å²) in [6.45, 7) is 3.40. The third kappa shape index (κ3) is 3.37. The summed E-state index contributed by atoms with van der Waals surface area (Å²) >= 11 is 6.04. The zero-order valence-electron chi connectivity index (χ0n) is 12.9. The topological polar surface area (TPSA) is 64.2 Å². The predicted octanol–water partition coefficient (Wildman–Crippen LogP) is 2.57. The number of hydrogen-bond donors (Lipinski definition) is 1. The Morgan fingerprint density at radius 2 is 2.26 bits per heavy atom. The molecule has 3 aromatic heterocycles. The fourth-order valence-corrected chi connectivity index (χ4v) is 2.68. The van der Waals surface area contributed by atoms with Crippen molar-refractivity contribution in [1.29, 1.82) is 0 Å². The van der Waals surface area contributed by atoms with Gasteiger partial charge in [-0.05, 0) is 25.0 Å². The van der Waals surface area contributed by atoms with Crippen molar-refractivity contribution in [2.75, 3.05) is 6.54 Å². The molecule has 3 aromatic rings. The van der Waals surface area contributed by atoms with E-state index in [9.17, 15) is 4.79 Å².